The molecule has 1 saturated heterocycles. The van der Waals surface area contributed by atoms with E-state index in [1.165, 1.54) is 0 Å². The molecule has 102 valence electrons. The fourth-order valence-electron chi connectivity index (χ4n) is 2.42. The lowest BCUT2D eigenvalue weighted by Gasteiger charge is -2.22. The third-order valence-corrected chi connectivity index (χ3v) is 3.51. The minimum atomic E-state index is 0.618. The van der Waals surface area contributed by atoms with Crippen molar-refractivity contribution in [1.29, 1.82) is 0 Å². The fourth-order valence-corrected chi connectivity index (χ4v) is 2.42. The van der Waals surface area contributed by atoms with E-state index in [9.17, 15) is 0 Å². The van der Waals surface area contributed by atoms with Crippen molar-refractivity contribution < 1.29 is 0 Å². The third kappa shape index (κ3) is 2.33. The first kappa shape index (κ1) is 12.2. The maximum atomic E-state index is 4.60. The Hall–Kier alpha value is -1.89. The van der Waals surface area contributed by atoms with Gasteiger partial charge in [-0.25, -0.2) is 4.98 Å². The molecule has 0 spiro atoms. The normalized spacial score (nSPS) is 17.7. The largest absolute Gasteiger partial charge is 0.357 e. The van der Waals surface area contributed by atoms with E-state index in [1.807, 2.05) is 7.05 Å². The monoisotopic (exact) mass is 261 g/mol. The molecule has 1 aliphatic heterocycles. The topological polar surface area (TPSA) is 73.0 Å². The summed E-state index contributed by atoms with van der Waals surface area (Å²) >= 11 is 0. The predicted octanol–water partition coefficient (Wildman–Crippen LogP) is 0.536. The number of aromatic nitrogens is 4. The van der Waals surface area contributed by atoms with Crippen LogP contribution in [0.15, 0.2) is 6.33 Å². The van der Waals surface area contributed by atoms with Crippen molar-refractivity contribution in [3.8, 4) is 0 Å². The molecular weight excluding hydrogens is 242 g/mol. The van der Waals surface area contributed by atoms with Crippen molar-refractivity contribution in [3.05, 3.63) is 6.33 Å². The van der Waals surface area contributed by atoms with E-state index in [0.717, 1.165) is 43.9 Å². The van der Waals surface area contributed by atoms with Crippen LogP contribution in [0.3, 0.4) is 0 Å². The molecule has 2 aromatic rings. The number of hydrogen-bond acceptors (Lipinski definition) is 6. The first-order valence-electron chi connectivity index (χ1n) is 6.60. The van der Waals surface area contributed by atoms with E-state index in [0.29, 0.717) is 11.6 Å². The zero-order valence-corrected chi connectivity index (χ0v) is 11.3. The van der Waals surface area contributed by atoms with Gasteiger partial charge < -0.3 is 20.1 Å². The van der Waals surface area contributed by atoms with E-state index >= 15 is 0 Å². The number of anilines is 2. The Morgan fingerprint density at radius 2 is 2.11 bits per heavy atom. The number of fused-ring (bicyclic) bond motifs is 1. The van der Waals surface area contributed by atoms with Gasteiger partial charge in [0.15, 0.2) is 11.5 Å². The SMILES string of the molecule is CNc1nc(N2CCCN(C)CC2)c2[nH]cnc2n1. The quantitative estimate of drug-likeness (QED) is 0.822. The molecule has 0 bridgehead atoms. The van der Waals surface area contributed by atoms with Crippen molar-refractivity contribution >= 4 is 22.9 Å². The van der Waals surface area contributed by atoms with Gasteiger partial charge in [-0.1, -0.05) is 0 Å². The first-order chi connectivity index (χ1) is 9.28. The molecule has 3 rings (SSSR count). The third-order valence-electron chi connectivity index (χ3n) is 3.51. The molecule has 0 unspecified atom stereocenters. The van der Waals surface area contributed by atoms with Gasteiger partial charge in [0, 0.05) is 26.7 Å². The summed E-state index contributed by atoms with van der Waals surface area (Å²) in [6.07, 6.45) is 2.82. The lowest BCUT2D eigenvalue weighted by atomic mass is 10.3. The highest BCUT2D eigenvalue weighted by molar-refractivity contribution is 5.84. The molecule has 0 aliphatic carbocycles. The van der Waals surface area contributed by atoms with Crippen molar-refractivity contribution in [2.75, 3.05) is 50.5 Å². The van der Waals surface area contributed by atoms with Crippen LogP contribution in [0, 0.1) is 0 Å². The van der Waals surface area contributed by atoms with Crippen molar-refractivity contribution in [2.45, 2.75) is 6.42 Å². The van der Waals surface area contributed by atoms with Gasteiger partial charge in [0.1, 0.15) is 5.52 Å². The summed E-state index contributed by atoms with van der Waals surface area (Å²) in [7, 11) is 3.99. The second kappa shape index (κ2) is 5.00. The highest BCUT2D eigenvalue weighted by atomic mass is 15.3. The van der Waals surface area contributed by atoms with E-state index in [2.05, 4.69) is 42.1 Å². The van der Waals surface area contributed by atoms with E-state index in [1.54, 1.807) is 6.33 Å². The van der Waals surface area contributed by atoms with Crippen LogP contribution in [0.1, 0.15) is 6.42 Å². The van der Waals surface area contributed by atoms with Crippen LogP contribution in [-0.4, -0.2) is 65.1 Å². The number of imidazole rings is 1. The Morgan fingerprint density at radius 1 is 1.21 bits per heavy atom. The van der Waals surface area contributed by atoms with E-state index in [4.69, 9.17) is 0 Å². The van der Waals surface area contributed by atoms with Crippen molar-refractivity contribution in [2.24, 2.45) is 0 Å². The molecule has 0 atom stereocenters. The first-order valence-corrected chi connectivity index (χ1v) is 6.60. The second-order valence-electron chi connectivity index (χ2n) is 4.87. The van der Waals surface area contributed by atoms with Gasteiger partial charge in [-0.15, -0.1) is 0 Å². The number of hydrogen-bond donors (Lipinski definition) is 2. The van der Waals surface area contributed by atoms with Crippen LogP contribution in [-0.2, 0) is 0 Å². The van der Waals surface area contributed by atoms with Crippen LogP contribution < -0.4 is 10.2 Å². The summed E-state index contributed by atoms with van der Waals surface area (Å²) < 4.78 is 0. The molecule has 7 nitrogen and oxygen atoms in total. The zero-order chi connectivity index (χ0) is 13.2. The number of rotatable bonds is 2. The summed E-state index contributed by atoms with van der Waals surface area (Å²) in [5.41, 5.74) is 1.63. The van der Waals surface area contributed by atoms with Crippen LogP contribution in [0.25, 0.3) is 11.2 Å². The fraction of sp³-hybridized carbons (Fsp3) is 0.583. The molecule has 0 radical (unpaired) electrons. The molecule has 1 aliphatic rings. The Labute approximate surface area is 112 Å². The lowest BCUT2D eigenvalue weighted by Crippen LogP contribution is -2.29. The smallest absolute Gasteiger partial charge is 0.226 e. The molecule has 7 heteroatoms. The van der Waals surface area contributed by atoms with E-state index < -0.39 is 0 Å². The van der Waals surface area contributed by atoms with Gasteiger partial charge in [0.2, 0.25) is 5.95 Å². The Morgan fingerprint density at radius 3 is 2.95 bits per heavy atom. The summed E-state index contributed by atoms with van der Waals surface area (Å²) in [5.74, 6) is 1.56. The summed E-state index contributed by atoms with van der Waals surface area (Å²) in [6, 6.07) is 0. The zero-order valence-electron chi connectivity index (χ0n) is 11.3. The van der Waals surface area contributed by atoms with E-state index in [-0.39, 0.29) is 0 Å². The highest BCUT2D eigenvalue weighted by Crippen LogP contribution is 2.23. The van der Waals surface area contributed by atoms with Gasteiger partial charge in [0.25, 0.3) is 0 Å². The summed E-state index contributed by atoms with van der Waals surface area (Å²) in [5, 5.41) is 3.00. The Bertz CT molecular complexity index is 564. The predicted molar refractivity (Wildman–Crippen MR) is 75.6 cm³/mol. The number of nitrogens with one attached hydrogen (secondary N) is 2. The van der Waals surface area contributed by atoms with Gasteiger partial charge in [-0.05, 0) is 20.0 Å². The van der Waals surface area contributed by atoms with Crippen LogP contribution in [0.5, 0.6) is 0 Å². The number of nitrogens with zero attached hydrogens (tertiary/aromatic N) is 5. The minimum Gasteiger partial charge on any atom is -0.357 e. The van der Waals surface area contributed by atoms with Crippen LogP contribution in [0.4, 0.5) is 11.8 Å². The average Bonchev–Trinajstić information content (AvgIpc) is 2.79. The average molecular weight is 261 g/mol. The number of H-pyrrole nitrogens is 1. The molecule has 2 aromatic heterocycles. The van der Waals surface area contributed by atoms with Gasteiger partial charge >= 0.3 is 0 Å². The number of aromatic amines is 1. The lowest BCUT2D eigenvalue weighted by molar-refractivity contribution is 0.360. The summed E-state index contributed by atoms with van der Waals surface area (Å²) in [4.78, 5) is 21.0. The molecule has 0 amide bonds. The molecule has 1 fully saturated rings. The van der Waals surface area contributed by atoms with Gasteiger partial charge in [-0.2, -0.15) is 9.97 Å². The molecule has 2 N–H and O–H groups in total. The molecular formula is C12H19N7. The molecule has 0 saturated carbocycles. The molecule has 0 aromatic carbocycles. The van der Waals surface area contributed by atoms with Crippen molar-refractivity contribution in [1.82, 2.24) is 24.8 Å². The maximum absolute atomic E-state index is 4.60. The molecule has 19 heavy (non-hydrogen) atoms. The second-order valence-corrected chi connectivity index (χ2v) is 4.87. The number of likely N-dealkylation sites (N-methyl/N-ethyl adjacent to an activating group) is 1. The standard InChI is InChI=1S/C12H19N7/c1-13-12-16-10-9(14-8-15-10)11(17-12)19-5-3-4-18(2)6-7-19/h8H,3-7H2,1-2H3,(H2,13,14,15,16,17). The van der Waals surface area contributed by atoms with Crippen LogP contribution >= 0.6 is 0 Å². The minimum absolute atomic E-state index is 0.618. The maximum Gasteiger partial charge on any atom is 0.226 e. The van der Waals surface area contributed by atoms with Gasteiger partial charge in [0.05, 0.1) is 6.33 Å². The van der Waals surface area contributed by atoms with Crippen LogP contribution in [0.2, 0.25) is 0 Å². The Kier molecular flexibility index (Phi) is 3.20. The van der Waals surface area contributed by atoms with Crippen molar-refractivity contribution in [3.63, 3.8) is 0 Å². The van der Waals surface area contributed by atoms with Gasteiger partial charge in [-0.3, -0.25) is 0 Å². The highest BCUT2D eigenvalue weighted by Gasteiger charge is 2.18. The summed E-state index contributed by atoms with van der Waals surface area (Å²) in [6.45, 7) is 4.17. The Balaban J connectivity index is 2.00. The molecule has 3 heterocycles.